The monoisotopic (exact) mass is 615 g/mol. The van der Waals surface area contributed by atoms with Gasteiger partial charge in [-0.25, -0.2) is 4.79 Å². The van der Waals surface area contributed by atoms with Gasteiger partial charge in [-0.15, -0.1) is 0 Å². The van der Waals surface area contributed by atoms with Crippen molar-refractivity contribution >= 4 is 11.9 Å². The Hall–Kier alpha value is -1.62. The van der Waals surface area contributed by atoms with Gasteiger partial charge in [0.15, 0.2) is 5.78 Å². The minimum atomic E-state index is -0.469. The minimum absolute atomic E-state index is 0.0429. The number of aliphatic hydroxyl groups excluding tert-OH is 1. The molecule has 3 spiro atoms. The van der Waals surface area contributed by atoms with E-state index >= 15 is 0 Å². The molecule has 11 rings (SSSR count). The maximum atomic E-state index is 14.8. The number of Topliss-reactive ketones (excluding diaryl/α,β-unsaturated/α-hetero) is 1. The van der Waals surface area contributed by atoms with Crippen molar-refractivity contribution in [3.63, 3.8) is 0 Å². The summed E-state index contributed by atoms with van der Waals surface area (Å²) in [6.45, 7) is 11.4. The lowest BCUT2D eigenvalue weighted by atomic mass is 9.32. The zero-order valence-electron chi connectivity index (χ0n) is 28.4. The fourth-order valence-corrected chi connectivity index (χ4v) is 14.6. The van der Waals surface area contributed by atoms with Crippen LogP contribution in [0.1, 0.15) is 124 Å². The summed E-state index contributed by atoms with van der Waals surface area (Å²) in [5.74, 6) is 3.42. The van der Waals surface area contributed by atoms with Crippen molar-refractivity contribution in [1.82, 2.24) is 4.90 Å². The summed E-state index contributed by atoms with van der Waals surface area (Å²) >= 11 is 0. The number of aliphatic hydroxyl groups is 1. The van der Waals surface area contributed by atoms with Crippen molar-refractivity contribution in [1.29, 1.82) is 0 Å². The van der Waals surface area contributed by atoms with Crippen LogP contribution in [0.3, 0.4) is 0 Å². The van der Waals surface area contributed by atoms with Crippen molar-refractivity contribution in [3.05, 3.63) is 23.8 Å². The van der Waals surface area contributed by atoms with Crippen LogP contribution in [0.4, 0.5) is 4.79 Å². The molecule has 1 saturated heterocycles. The average Bonchev–Trinajstić information content (AvgIpc) is 3.51. The number of rotatable bonds is 4. The first kappa shape index (κ1) is 29.5. The van der Waals surface area contributed by atoms with Gasteiger partial charge in [0.1, 0.15) is 5.60 Å². The van der Waals surface area contributed by atoms with Crippen LogP contribution in [0, 0.1) is 62.6 Å². The zero-order chi connectivity index (χ0) is 31.2. The van der Waals surface area contributed by atoms with E-state index in [0.717, 1.165) is 101 Å². The Balaban J connectivity index is 1.08. The fraction of sp³-hybridized carbons (Fsp3) is 0.850. The Kier molecular flexibility index (Phi) is 6.09. The van der Waals surface area contributed by atoms with Gasteiger partial charge in [-0.3, -0.25) is 4.79 Å². The van der Waals surface area contributed by atoms with Crippen molar-refractivity contribution in [2.75, 3.05) is 13.1 Å². The Morgan fingerprint density at radius 1 is 0.911 bits per heavy atom. The van der Waals surface area contributed by atoms with Crippen molar-refractivity contribution in [3.8, 4) is 0 Å². The van der Waals surface area contributed by atoms with Gasteiger partial charge in [0, 0.05) is 34.3 Å². The summed E-state index contributed by atoms with van der Waals surface area (Å²) < 4.78 is 6.70. The van der Waals surface area contributed by atoms with Crippen molar-refractivity contribution in [2.45, 2.75) is 136 Å². The smallest absolute Gasteiger partial charge is 0.410 e. The van der Waals surface area contributed by atoms with Gasteiger partial charge in [-0.2, -0.15) is 0 Å². The van der Waals surface area contributed by atoms with Crippen LogP contribution in [-0.4, -0.2) is 46.7 Å². The molecule has 1 heterocycles. The summed E-state index contributed by atoms with van der Waals surface area (Å²) in [6.07, 6.45) is 23.2. The summed E-state index contributed by atoms with van der Waals surface area (Å²) in [5.41, 5.74) is 0.397. The van der Waals surface area contributed by atoms with E-state index in [-0.39, 0.29) is 45.7 Å². The molecular formula is C40H57NO4. The predicted octanol–water partition coefficient (Wildman–Crippen LogP) is 8.26. The lowest BCUT2D eigenvalue weighted by Gasteiger charge is -2.71. The molecule has 10 aliphatic carbocycles. The van der Waals surface area contributed by atoms with Crippen molar-refractivity contribution < 1.29 is 19.4 Å². The van der Waals surface area contributed by atoms with E-state index in [9.17, 15) is 14.7 Å². The topological polar surface area (TPSA) is 66.8 Å². The molecule has 0 unspecified atom stereocenters. The first-order chi connectivity index (χ1) is 21.4. The first-order valence-electron chi connectivity index (χ1n) is 19.0. The summed E-state index contributed by atoms with van der Waals surface area (Å²) in [6, 6.07) is 0. The van der Waals surface area contributed by atoms with Crippen molar-refractivity contribution in [2.24, 2.45) is 62.6 Å². The SMILES string of the molecule is CC1(C)[C@H]2CC[C@@H](CN3C[C@@]4(CC[C@H]5[C@]67C=C[C@@]8(C=C6C(=O)C6CCCCC6)C[C@@H](O)CC[C@]8(C)[C@H]7CC[C@@]54C)OC3=O)[C@@H]1C2. The van der Waals surface area contributed by atoms with Gasteiger partial charge in [-0.05, 0) is 117 Å². The van der Waals surface area contributed by atoms with Crippen LogP contribution in [0.25, 0.3) is 0 Å². The Labute approximate surface area is 271 Å². The van der Waals surface area contributed by atoms with E-state index in [2.05, 4.69) is 50.8 Å². The van der Waals surface area contributed by atoms with Gasteiger partial charge in [-0.1, -0.05) is 65.2 Å². The Morgan fingerprint density at radius 2 is 1.64 bits per heavy atom. The van der Waals surface area contributed by atoms with Crippen LogP contribution in [0.5, 0.6) is 0 Å². The maximum absolute atomic E-state index is 14.8. The van der Waals surface area contributed by atoms with Gasteiger partial charge in [0.2, 0.25) is 0 Å². The van der Waals surface area contributed by atoms with Crippen LogP contribution >= 0.6 is 0 Å². The average molecular weight is 616 g/mol. The van der Waals surface area contributed by atoms with E-state index in [1.165, 1.54) is 25.7 Å². The molecule has 0 aromatic heterocycles. The Bertz CT molecular complexity index is 1370. The van der Waals surface area contributed by atoms with E-state index in [1.807, 2.05) is 0 Å². The molecule has 0 aromatic carbocycles. The standard InChI is InChI=1S/C40H57NO4/c1-35(2)27-11-10-26(29(35)20-27)23-41-24-39(45-34(41)44)17-14-32-37(39,4)16-13-31-36(3)15-12-28(42)21-38(36)18-19-40(31,32)30(22-38)33(43)25-8-6-5-7-9-25/h18-19,22,25-29,31-32,42H,5-17,20-21,23-24H2,1-4H3/t26-,27-,28-,29-,31+,32+,36+,37-,38-,39+,40+/m0/s1. The number of ketones is 1. The van der Waals surface area contributed by atoms with Crippen LogP contribution < -0.4 is 0 Å². The number of carbonyl (C=O) groups is 2. The largest absolute Gasteiger partial charge is 0.440 e. The highest BCUT2D eigenvalue weighted by Gasteiger charge is 2.76. The lowest BCUT2D eigenvalue weighted by molar-refractivity contribution is -0.169. The third-order valence-electron chi connectivity index (χ3n) is 17.4. The second kappa shape index (κ2) is 9.29. The number of hydrogen-bond donors (Lipinski definition) is 1. The quantitative estimate of drug-likeness (QED) is 0.324. The van der Waals surface area contributed by atoms with Crippen LogP contribution in [-0.2, 0) is 9.53 Å². The number of amides is 1. The molecule has 45 heavy (non-hydrogen) atoms. The van der Waals surface area contributed by atoms with Gasteiger partial charge in [0.05, 0.1) is 12.6 Å². The van der Waals surface area contributed by atoms with Gasteiger partial charge in [0.25, 0.3) is 0 Å². The molecule has 1 amide bonds. The molecule has 8 fully saturated rings. The predicted molar refractivity (Wildman–Crippen MR) is 174 cm³/mol. The number of nitrogens with zero attached hydrogens (tertiary/aromatic N) is 1. The number of fused-ring (bicyclic) bond motifs is 4. The molecule has 1 aliphatic heterocycles. The molecule has 246 valence electrons. The lowest BCUT2D eigenvalue weighted by Crippen LogP contribution is -2.67. The van der Waals surface area contributed by atoms with E-state index in [0.29, 0.717) is 23.0 Å². The van der Waals surface area contributed by atoms with Crippen LogP contribution in [0.15, 0.2) is 23.8 Å². The molecule has 7 saturated carbocycles. The first-order valence-corrected chi connectivity index (χ1v) is 19.0. The molecular weight excluding hydrogens is 558 g/mol. The maximum Gasteiger partial charge on any atom is 0.410 e. The minimum Gasteiger partial charge on any atom is -0.440 e. The van der Waals surface area contributed by atoms with E-state index in [4.69, 9.17) is 4.74 Å². The molecule has 0 radical (unpaired) electrons. The molecule has 11 aliphatic rings. The number of ether oxygens (including phenoxy) is 1. The summed E-state index contributed by atoms with van der Waals surface area (Å²) in [7, 11) is 0. The molecule has 4 bridgehead atoms. The molecule has 5 heteroatoms. The number of carbonyl (C=O) groups excluding carboxylic acids is 2. The van der Waals surface area contributed by atoms with Crippen LogP contribution in [0.2, 0.25) is 0 Å². The third-order valence-corrected chi connectivity index (χ3v) is 17.4. The van der Waals surface area contributed by atoms with E-state index < -0.39 is 5.60 Å². The summed E-state index contributed by atoms with van der Waals surface area (Å²) in [5, 5.41) is 11.0. The number of allylic oxidation sites excluding steroid dienone is 4. The zero-order valence-corrected chi connectivity index (χ0v) is 28.4. The normalized spacial score (nSPS) is 52.5. The third kappa shape index (κ3) is 3.51. The number of hydrogen-bond acceptors (Lipinski definition) is 4. The van der Waals surface area contributed by atoms with Gasteiger partial charge < -0.3 is 14.7 Å². The highest BCUT2D eigenvalue weighted by Crippen LogP contribution is 2.79. The second-order valence-corrected chi connectivity index (χ2v) is 18.9. The Morgan fingerprint density at radius 3 is 2.40 bits per heavy atom. The molecule has 1 N–H and O–H groups in total. The van der Waals surface area contributed by atoms with Gasteiger partial charge >= 0.3 is 6.09 Å². The summed E-state index contributed by atoms with van der Waals surface area (Å²) in [4.78, 5) is 30.7. The molecule has 0 aromatic rings. The fourth-order valence-electron chi connectivity index (χ4n) is 14.6. The molecule has 5 nitrogen and oxygen atoms in total. The van der Waals surface area contributed by atoms with E-state index in [1.54, 1.807) is 0 Å². The second-order valence-electron chi connectivity index (χ2n) is 18.9. The highest BCUT2D eigenvalue weighted by atomic mass is 16.6. The molecule has 11 atom stereocenters. The highest BCUT2D eigenvalue weighted by molar-refractivity contribution is 6.00.